The summed E-state index contributed by atoms with van der Waals surface area (Å²) in [6.07, 6.45) is 1.77. The molecule has 0 radical (unpaired) electrons. The number of H-pyrrole nitrogens is 1. The van der Waals surface area contributed by atoms with Crippen molar-refractivity contribution in [3.63, 3.8) is 0 Å². The first kappa shape index (κ1) is 12.1. The molecule has 1 aromatic carbocycles. The largest absolute Gasteiger partial charge is 0.327 e. The highest BCUT2D eigenvalue weighted by Gasteiger charge is 2.09. The fraction of sp³-hybridized carbons (Fsp3) is 0.308. The third kappa shape index (κ3) is 2.87. The normalized spacial score (nSPS) is 12.6. The quantitative estimate of drug-likeness (QED) is 0.875. The van der Waals surface area contributed by atoms with E-state index in [0.717, 1.165) is 29.8 Å². The number of hydrogen-bond acceptors (Lipinski definition) is 2. The van der Waals surface area contributed by atoms with Gasteiger partial charge < -0.3 is 5.73 Å². The van der Waals surface area contributed by atoms with Crippen molar-refractivity contribution in [1.82, 2.24) is 10.2 Å². The predicted octanol–water partition coefficient (Wildman–Crippen LogP) is 3.01. The van der Waals surface area contributed by atoms with Crippen LogP contribution in [0, 0.1) is 0 Å². The van der Waals surface area contributed by atoms with Crippen molar-refractivity contribution in [2.24, 2.45) is 5.73 Å². The number of nitrogens with zero attached hydrogens (tertiary/aromatic N) is 1. The number of nitrogens with one attached hydrogen (secondary N) is 1. The van der Waals surface area contributed by atoms with Gasteiger partial charge in [0.15, 0.2) is 0 Å². The van der Waals surface area contributed by atoms with Crippen LogP contribution in [0.1, 0.15) is 19.0 Å². The Kier molecular flexibility index (Phi) is 3.82. The molecule has 90 valence electrons. The molecule has 0 amide bonds. The highest BCUT2D eigenvalue weighted by atomic mass is 35.5. The number of nitrogens with two attached hydrogens (primary N) is 1. The van der Waals surface area contributed by atoms with Gasteiger partial charge in [0.2, 0.25) is 0 Å². The third-order valence-corrected chi connectivity index (χ3v) is 3.12. The molecule has 2 aromatic rings. The summed E-state index contributed by atoms with van der Waals surface area (Å²) in [6.45, 7) is 2.08. The Morgan fingerprint density at radius 3 is 2.88 bits per heavy atom. The highest BCUT2D eigenvalue weighted by Crippen LogP contribution is 2.26. The van der Waals surface area contributed by atoms with Gasteiger partial charge in [0.1, 0.15) is 0 Å². The molecule has 1 atom stereocenters. The summed E-state index contributed by atoms with van der Waals surface area (Å²) in [7, 11) is 0. The zero-order valence-electron chi connectivity index (χ0n) is 9.78. The molecule has 2 rings (SSSR count). The smallest absolute Gasteiger partial charge is 0.0938 e. The molecule has 4 heteroatoms. The van der Waals surface area contributed by atoms with E-state index in [1.807, 2.05) is 30.3 Å². The van der Waals surface area contributed by atoms with E-state index in [2.05, 4.69) is 17.1 Å². The van der Waals surface area contributed by atoms with Crippen LogP contribution in [-0.2, 0) is 6.42 Å². The summed E-state index contributed by atoms with van der Waals surface area (Å²) in [5.74, 6) is 0. The Bertz CT molecular complexity index is 493. The van der Waals surface area contributed by atoms with Gasteiger partial charge in [-0.25, -0.2) is 0 Å². The Morgan fingerprint density at radius 1 is 1.41 bits per heavy atom. The average Bonchev–Trinajstić information content (AvgIpc) is 2.78. The fourth-order valence-electron chi connectivity index (χ4n) is 1.70. The van der Waals surface area contributed by atoms with E-state index in [4.69, 9.17) is 17.3 Å². The van der Waals surface area contributed by atoms with Crippen LogP contribution >= 0.6 is 11.6 Å². The Balaban J connectivity index is 2.21. The van der Waals surface area contributed by atoms with Crippen molar-refractivity contribution in [3.05, 3.63) is 41.0 Å². The van der Waals surface area contributed by atoms with Gasteiger partial charge in [0.05, 0.1) is 10.7 Å². The van der Waals surface area contributed by atoms with Gasteiger partial charge in [-0.2, -0.15) is 5.10 Å². The van der Waals surface area contributed by atoms with Gasteiger partial charge >= 0.3 is 0 Å². The van der Waals surface area contributed by atoms with Crippen LogP contribution in [0.25, 0.3) is 11.3 Å². The number of aromatic amines is 1. The van der Waals surface area contributed by atoms with E-state index in [0.29, 0.717) is 5.02 Å². The van der Waals surface area contributed by atoms with Gasteiger partial charge in [0, 0.05) is 23.7 Å². The summed E-state index contributed by atoms with van der Waals surface area (Å²) in [6, 6.07) is 9.87. The second-order valence-electron chi connectivity index (χ2n) is 4.13. The Hall–Kier alpha value is -1.32. The summed E-state index contributed by atoms with van der Waals surface area (Å²) in [5, 5.41) is 7.99. The van der Waals surface area contributed by atoms with E-state index < -0.39 is 0 Å². The van der Waals surface area contributed by atoms with Crippen molar-refractivity contribution < 1.29 is 0 Å². The minimum absolute atomic E-state index is 0.176. The standard InChI is InChI=1S/C13H16ClN3/c1-2-9(15)7-10-8-13(17-16-10)11-5-3-4-6-12(11)14/h3-6,8-9H,2,7,15H2,1H3,(H,16,17). The molecule has 0 saturated carbocycles. The van der Waals surface area contributed by atoms with E-state index in [1.54, 1.807) is 0 Å². The lowest BCUT2D eigenvalue weighted by Crippen LogP contribution is -2.21. The topological polar surface area (TPSA) is 54.7 Å². The lowest BCUT2D eigenvalue weighted by molar-refractivity contribution is 0.635. The molecule has 0 spiro atoms. The van der Waals surface area contributed by atoms with Gasteiger partial charge in [-0.05, 0) is 18.6 Å². The van der Waals surface area contributed by atoms with Gasteiger partial charge in [0.25, 0.3) is 0 Å². The molecule has 1 unspecified atom stereocenters. The Morgan fingerprint density at radius 2 is 2.18 bits per heavy atom. The van der Waals surface area contributed by atoms with Gasteiger partial charge in [-0.1, -0.05) is 36.7 Å². The lowest BCUT2D eigenvalue weighted by atomic mass is 10.1. The number of aromatic nitrogens is 2. The van der Waals surface area contributed by atoms with Crippen LogP contribution in [0.5, 0.6) is 0 Å². The average molecular weight is 250 g/mol. The molecule has 1 heterocycles. The van der Waals surface area contributed by atoms with Crippen molar-refractivity contribution in [2.75, 3.05) is 0 Å². The monoisotopic (exact) mass is 249 g/mol. The fourth-order valence-corrected chi connectivity index (χ4v) is 1.93. The number of rotatable bonds is 4. The van der Waals surface area contributed by atoms with Crippen LogP contribution in [-0.4, -0.2) is 16.2 Å². The van der Waals surface area contributed by atoms with E-state index >= 15 is 0 Å². The molecule has 0 aliphatic heterocycles. The van der Waals surface area contributed by atoms with E-state index in [9.17, 15) is 0 Å². The van der Waals surface area contributed by atoms with Crippen molar-refractivity contribution in [3.8, 4) is 11.3 Å². The molecular formula is C13H16ClN3. The molecule has 0 bridgehead atoms. The molecule has 3 nitrogen and oxygen atoms in total. The van der Waals surface area contributed by atoms with Crippen LogP contribution < -0.4 is 5.73 Å². The lowest BCUT2D eigenvalue weighted by Gasteiger charge is -2.04. The van der Waals surface area contributed by atoms with Crippen molar-refractivity contribution in [2.45, 2.75) is 25.8 Å². The number of benzene rings is 1. The first-order chi connectivity index (χ1) is 8.20. The summed E-state index contributed by atoms with van der Waals surface area (Å²) in [4.78, 5) is 0. The molecular weight excluding hydrogens is 234 g/mol. The molecule has 0 fully saturated rings. The van der Waals surface area contributed by atoms with Crippen LogP contribution in [0.2, 0.25) is 5.02 Å². The van der Waals surface area contributed by atoms with Crippen molar-refractivity contribution >= 4 is 11.6 Å². The van der Waals surface area contributed by atoms with Crippen molar-refractivity contribution in [1.29, 1.82) is 0 Å². The van der Waals surface area contributed by atoms with E-state index in [-0.39, 0.29) is 6.04 Å². The third-order valence-electron chi connectivity index (χ3n) is 2.79. The van der Waals surface area contributed by atoms with Gasteiger partial charge in [-0.15, -0.1) is 0 Å². The highest BCUT2D eigenvalue weighted by molar-refractivity contribution is 6.33. The summed E-state index contributed by atoms with van der Waals surface area (Å²) < 4.78 is 0. The predicted molar refractivity (Wildman–Crippen MR) is 71.0 cm³/mol. The second kappa shape index (κ2) is 5.34. The molecule has 1 aromatic heterocycles. The Labute approximate surface area is 106 Å². The SMILES string of the molecule is CCC(N)Cc1cc(-c2ccccc2Cl)n[nH]1. The van der Waals surface area contributed by atoms with E-state index in [1.165, 1.54) is 0 Å². The van der Waals surface area contributed by atoms with Crippen LogP contribution in [0.4, 0.5) is 0 Å². The maximum absolute atomic E-state index is 6.12. The summed E-state index contributed by atoms with van der Waals surface area (Å²) in [5.41, 5.74) is 8.77. The molecule has 0 saturated heterocycles. The number of halogens is 1. The van der Waals surface area contributed by atoms with Gasteiger partial charge in [-0.3, -0.25) is 5.10 Å². The zero-order chi connectivity index (χ0) is 12.3. The summed E-state index contributed by atoms with van der Waals surface area (Å²) >= 11 is 6.12. The van der Waals surface area contributed by atoms with Crippen LogP contribution in [0.3, 0.4) is 0 Å². The molecule has 3 N–H and O–H groups in total. The first-order valence-electron chi connectivity index (χ1n) is 5.75. The second-order valence-corrected chi connectivity index (χ2v) is 4.54. The van der Waals surface area contributed by atoms with Crippen LogP contribution in [0.15, 0.2) is 30.3 Å². The molecule has 0 aliphatic rings. The maximum Gasteiger partial charge on any atom is 0.0938 e. The zero-order valence-corrected chi connectivity index (χ0v) is 10.5. The minimum Gasteiger partial charge on any atom is -0.327 e. The molecule has 17 heavy (non-hydrogen) atoms. The maximum atomic E-state index is 6.12. The molecule has 0 aliphatic carbocycles. The first-order valence-corrected chi connectivity index (χ1v) is 6.13. The minimum atomic E-state index is 0.176. The number of hydrogen-bond donors (Lipinski definition) is 2.